The molecule has 2 aromatic rings. The third kappa shape index (κ3) is 2.81. The molecule has 2 aromatic carbocycles. The lowest BCUT2D eigenvalue weighted by molar-refractivity contribution is 0.256. The number of amides is 2. The van der Waals surface area contributed by atoms with Crippen LogP contribution in [0.3, 0.4) is 0 Å². The molecule has 0 aliphatic carbocycles. The van der Waals surface area contributed by atoms with Crippen LogP contribution < -0.4 is 16.0 Å². The molecule has 0 aromatic heterocycles. The van der Waals surface area contributed by atoms with E-state index in [9.17, 15) is 9.18 Å². The highest BCUT2D eigenvalue weighted by Crippen LogP contribution is 2.29. The van der Waals surface area contributed by atoms with E-state index in [0.717, 1.165) is 24.1 Å². The van der Waals surface area contributed by atoms with Gasteiger partial charge in [0.25, 0.3) is 0 Å². The second-order valence-electron chi connectivity index (χ2n) is 5.08. The number of nitrogens with one attached hydrogen (secondary N) is 1. The number of nitrogens with zero attached hydrogens (tertiary/aromatic N) is 1. The highest BCUT2D eigenvalue weighted by molar-refractivity contribution is 6.02. The van der Waals surface area contributed by atoms with Crippen molar-refractivity contribution >= 4 is 23.1 Å². The number of halogens is 1. The fraction of sp³-hybridized carbons (Fsp3) is 0.188. The van der Waals surface area contributed by atoms with Crippen molar-refractivity contribution in [3.8, 4) is 0 Å². The minimum absolute atomic E-state index is 0.215. The molecular formula is C16H16FN3O. The summed E-state index contributed by atoms with van der Waals surface area (Å²) in [4.78, 5) is 14.1. The third-order valence-electron chi connectivity index (χ3n) is 3.56. The summed E-state index contributed by atoms with van der Waals surface area (Å²) in [5.74, 6) is -0.327. The SMILES string of the molecule is Nc1ccc2c(c1)CCCN2C(=O)Nc1ccc(F)cc1. The fourth-order valence-corrected chi connectivity index (χ4v) is 2.55. The van der Waals surface area contributed by atoms with Gasteiger partial charge in [-0.25, -0.2) is 9.18 Å². The number of carbonyl (C=O) groups excluding carboxylic acids is 1. The Hall–Kier alpha value is -2.56. The molecule has 1 aliphatic heterocycles. The maximum absolute atomic E-state index is 12.9. The predicted octanol–water partition coefficient (Wildman–Crippen LogP) is 3.39. The molecule has 3 rings (SSSR count). The molecule has 0 fully saturated rings. The van der Waals surface area contributed by atoms with E-state index < -0.39 is 0 Å². The van der Waals surface area contributed by atoms with Crippen molar-refractivity contribution in [2.45, 2.75) is 12.8 Å². The number of hydrogen-bond donors (Lipinski definition) is 2. The Morgan fingerprint density at radius 1 is 1.19 bits per heavy atom. The van der Waals surface area contributed by atoms with Crippen LogP contribution in [-0.4, -0.2) is 12.6 Å². The van der Waals surface area contributed by atoms with Crippen LogP contribution in [0, 0.1) is 5.82 Å². The van der Waals surface area contributed by atoms with E-state index in [4.69, 9.17) is 5.73 Å². The van der Waals surface area contributed by atoms with Gasteiger partial charge in [-0.05, 0) is 60.9 Å². The lowest BCUT2D eigenvalue weighted by Gasteiger charge is -2.29. The highest BCUT2D eigenvalue weighted by Gasteiger charge is 2.22. The summed E-state index contributed by atoms with van der Waals surface area (Å²) in [6.07, 6.45) is 1.81. The third-order valence-corrected chi connectivity index (χ3v) is 3.56. The monoisotopic (exact) mass is 285 g/mol. The molecule has 0 radical (unpaired) electrons. The zero-order chi connectivity index (χ0) is 14.8. The quantitative estimate of drug-likeness (QED) is 0.789. The van der Waals surface area contributed by atoms with Gasteiger partial charge in [0.05, 0.1) is 0 Å². The van der Waals surface area contributed by atoms with Crippen LogP contribution in [0.25, 0.3) is 0 Å². The lowest BCUT2D eigenvalue weighted by atomic mass is 10.0. The molecule has 3 N–H and O–H groups in total. The Labute approximate surface area is 122 Å². The average molecular weight is 285 g/mol. The van der Waals surface area contributed by atoms with Gasteiger partial charge in [-0.2, -0.15) is 0 Å². The molecule has 0 bridgehead atoms. The van der Waals surface area contributed by atoms with Gasteiger partial charge in [0.15, 0.2) is 0 Å². The number of nitrogens with two attached hydrogens (primary N) is 1. The Balaban J connectivity index is 1.81. The second kappa shape index (κ2) is 5.44. The van der Waals surface area contributed by atoms with Gasteiger partial charge in [-0.3, -0.25) is 4.90 Å². The Kier molecular flexibility index (Phi) is 3.48. The molecule has 0 spiro atoms. The first-order valence-corrected chi connectivity index (χ1v) is 6.86. The molecule has 0 saturated heterocycles. The van der Waals surface area contributed by atoms with Crippen LogP contribution in [0.2, 0.25) is 0 Å². The minimum atomic E-state index is -0.327. The Morgan fingerprint density at radius 2 is 1.95 bits per heavy atom. The smallest absolute Gasteiger partial charge is 0.326 e. The average Bonchev–Trinajstić information content (AvgIpc) is 2.48. The van der Waals surface area contributed by atoms with E-state index in [1.165, 1.54) is 12.1 Å². The number of rotatable bonds is 1. The lowest BCUT2D eigenvalue weighted by Crippen LogP contribution is -2.38. The molecular weight excluding hydrogens is 269 g/mol. The Bertz CT molecular complexity index is 670. The summed E-state index contributed by atoms with van der Waals surface area (Å²) >= 11 is 0. The topological polar surface area (TPSA) is 58.4 Å². The summed E-state index contributed by atoms with van der Waals surface area (Å²) in [5.41, 5.74) is 9.03. The molecule has 21 heavy (non-hydrogen) atoms. The Morgan fingerprint density at radius 3 is 2.71 bits per heavy atom. The predicted molar refractivity (Wildman–Crippen MR) is 81.9 cm³/mol. The number of urea groups is 1. The van der Waals surface area contributed by atoms with Gasteiger partial charge >= 0.3 is 6.03 Å². The van der Waals surface area contributed by atoms with Crippen molar-refractivity contribution in [1.29, 1.82) is 0 Å². The molecule has 2 amide bonds. The maximum Gasteiger partial charge on any atom is 0.326 e. The second-order valence-corrected chi connectivity index (χ2v) is 5.08. The molecule has 1 aliphatic rings. The van der Waals surface area contributed by atoms with E-state index in [0.29, 0.717) is 17.9 Å². The van der Waals surface area contributed by atoms with Gasteiger partial charge in [-0.15, -0.1) is 0 Å². The van der Waals surface area contributed by atoms with Gasteiger partial charge in [0.1, 0.15) is 5.82 Å². The first-order valence-electron chi connectivity index (χ1n) is 6.86. The standard InChI is InChI=1S/C16H16FN3O/c17-12-3-6-14(7-4-12)19-16(21)20-9-1-2-11-10-13(18)5-8-15(11)20/h3-8,10H,1-2,9,18H2,(H,19,21). The number of fused-ring (bicyclic) bond motifs is 1. The normalized spacial score (nSPS) is 13.7. The van der Waals surface area contributed by atoms with Crippen molar-refractivity contribution in [3.05, 3.63) is 53.8 Å². The zero-order valence-corrected chi connectivity index (χ0v) is 11.5. The van der Waals surface area contributed by atoms with Crippen LogP contribution in [0.1, 0.15) is 12.0 Å². The number of benzene rings is 2. The van der Waals surface area contributed by atoms with E-state index >= 15 is 0 Å². The molecule has 1 heterocycles. The van der Waals surface area contributed by atoms with Crippen molar-refractivity contribution in [2.24, 2.45) is 0 Å². The van der Waals surface area contributed by atoms with Crippen LogP contribution in [0.4, 0.5) is 26.2 Å². The van der Waals surface area contributed by atoms with Crippen LogP contribution >= 0.6 is 0 Å². The summed E-state index contributed by atoms with van der Waals surface area (Å²) in [7, 11) is 0. The van der Waals surface area contributed by atoms with E-state index in [2.05, 4.69) is 5.32 Å². The van der Waals surface area contributed by atoms with E-state index in [1.54, 1.807) is 23.1 Å². The van der Waals surface area contributed by atoms with Crippen LogP contribution in [0.15, 0.2) is 42.5 Å². The molecule has 108 valence electrons. The van der Waals surface area contributed by atoms with Crippen molar-refractivity contribution < 1.29 is 9.18 Å². The molecule has 0 atom stereocenters. The summed E-state index contributed by atoms with van der Waals surface area (Å²) in [6.45, 7) is 0.657. The fourth-order valence-electron chi connectivity index (χ4n) is 2.55. The number of anilines is 3. The minimum Gasteiger partial charge on any atom is -0.399 e. The summed E-state index contributed by atoms with van der Waals surface area (Å²) < 4.78 is 12.9. The summed E-state index contributed by atoms with van der Waals surface area (Å²) in [6, 6.07) is 11.1. The zero-order valence-electron chi connectivity index (χ0n) is 11.5. The van der Waals surface area contributed by atoms with Crippen LogP contribution in [0.5, 0.6) is 0 Å². The molecule has 0 unspecified atom stereocenters. The number of hydrogen-bond acceptors (Lipinski definition) is 2. The van der Waals surface area contributed by atoms with Crippen molar-refractivity contribution in [3.63, 3.8) is 0 Å². The first kappa shape index (κ1) is 13.4. The summed E-state index contributed by atoms with van der Waals surface area (Å²) in [5, 5.41) is 2.78. The number of carbonyl (C=O) groups is 1. The number of aryl methyl sites for hydroxylation is 1. The van der Waals surface area contributed by atoms with Gasteiger partial charge in [0, 0.05) is 23.6 Å². The molecule has 5 heteroatoms. The highest BCUT2D eigenvalue weighted by atomic mass is 19.1. The molecule has 0 saturated carbocycles. The van der Waals surface area contributed by atoms with E-state index in [1.807, 2.05) is 12.1 Å². The number of nitrogen functional groups attached to an aromatic ring is 1. The largest absolute Gasteiger partial charge is 0.399 e. The molecule has 4 nitrogen and oxygen atoms in total. The first-order chi connectivity index (χ1) is 10.1. The van der Waals surface area contributed by atoms with Gasteiger partial charge in [-0.1, -0.05) is 0 Å². The van der Waals surface area contributed by atoms with E-state index in [-0.39, 0.29) is 11.8 Å². The maximum atomic E-state index is 12.9. The van der Waals surface area contributed by atoms with Crippen molar-refractivity contribution in [2.75, 3.05) is 22.5 Å². The van der Waals surface area contributed by atoms with Crippen molar-refractivity contribution in [1.82, 2.24) is 0 Å². The van der Waals surface area contributed by atoms with Gasteiger partial charge < -0.3 is 11.1 Å². The van der Waals surface area contributed by atoms with Gasteiger partial charge in [0.2, 0.25) is 0 Å². The van der Waals surface area contributed by atoms with Crippen LogP contribution in [-0.2, 0) is 6.42 Å².